The van der Waals surface area contributed by atoms with E-state index in [9.17, 15) is 9.18 Å². The number of nitrogens with one attached hydrogen (secondary N) is 1. The highest BCUT2D eigenvalue weighted by Gasteiger charge is 2.27. The van der Waals surface area contributed by atoms with Crippen molar-refractivity contribution in [1.29, 1.82) is 0 Å². The molecule has 0 bridgehead atoms. The number of hydrogen-bond acceptors (Lipinski definition) is 5. The van der Waals surface area contributed by atoms with Crippen molar-refractivity contribution in [3.05, 3.63) is 53.5 Å². The topological polar surface area (TPSA) is 67.4 Å². The molecule has 1 N–H and O–H groups in total. The molecule has 166 valence electrons. The first kappa shape index (κ1) is 20.8. The lowest BCUT2D eigenvalue weighted by Gasteiger charge is -2.37. The van der Waals surface area contributed by atoms with E-state index >= 15 is 0 Å². The van der Waals surface area contributed by atoms with E-state index in [0.29, 0.717) is 6.61 Å². The standard InChI is InChI=1S/C25H27FN4O2/c1-14-8-23(26)22(25(31)28-19-5-6-19)10-21(14)17-4-7-20-18(9-17)11-27-29-24(20)30-12-16(3)32-13-15(30)2/h4,7-11,15-16,19H,5-6,12-13H2,1-3H3,(H,28,31)/t15-,16-/m1/s1. The lowest BCUT2D eigenvalue weighted by Crippen LogP contribution is -2.48. The van der Waals surface area contributed by atoms with Crippen LogP contribution in [0.1, 0.15) is 42.6 Å². The van der Waals surface area contributed by atoms with Crippen LogP contribution in [0.4, 0.5) is 10.2 Å². The molecular weight excluding hydrogens is 407 g/mol. The Morgan fingerprint density at radius 2 is 2.03 bits per heavy atom. The number of aromatic nitrogens is 2. The molecule has 32 heavy (non-hydrogen) atoms. The van der Waals surface area contributed by atoms with Crippen LogP contribution in [0, 0.1) is 12.7 Å². The number of anilines is 1. The zero-order chi connectivity index (χ0) is 22.4. The Bertz CT molecular complexity index is 1190. The number of rotatable bonds is 4. The van der Waals surface area contributed by atoms with Crippen LogP contribution >= 0.6 is 0 Å². The third kappa shape index (κ3) is 3.93. The van der Waals surface area contributed by atoms with Gasteiger partial charge in [-0.25, -0.2) is 4.39 Å². The maximum absolute atomic E-state index is 14.6. The number of amides is 1. The van der Waals surface area contributed by atoms with Crippen LogP contribution in [0.2, 0.25) is 0 Å². The second-order valence-corrected chi connectivity index (χ2v) is 9.01. The monoisotopic (exact) mass is 434 g/mol. The van der Waals surface area contributed by atoms with E-state index in [4.69, 9.17) is 4.74 Å². The summed E-state index contributed by atoms with van der Waals surface area (Å²) < 4.78 is 20.3. The van der Waals surface area contributed by atoms with Crippen molar-refractivity contribution in [1.82, 2.24) is 15.5 Å². The molecule has 1 amide bonds. The molecule has 2 aliphatic rings. The fourth-order valence-electron chi connectivity index (χ4n) is 4.30. The van der Waals surface area contributed by atoms with Crippen molar-refractivity contribution in [3.8, 4) is 11.1 Å². The summed E-state index contributed by atoms with van der Waals surface area (Å²) in [4.78, 5) is 14.8. The maximum atomic E-state index is 14.6. The quantitative estimate of drug-likeness (QED) is 0.665. The van der Waals surface area contributed by atoms with Crippen molar-refractivity contribution in [2.75, 3.05) is 18.1 Å². The molecule has 1 aromatic heterocycles. The van der Waals surface area contributed by atoms with Crippen molar-refractivity contribution in [3.63, 3.8) is 0 Å². The molecule has 7 heteroatoms. The molecule has 6 nitrogen and oxygen atoms in total. The highest BCUT2D eigenvalue weighted by atomic mass is 19.1. The van der Waals surface area contributed by atoms with E-state index in [1.165, 1.54) is 6.07 Å². The minimum Gasteiger partial charge on any atom is -0.375 e. The number of morpholine rings is 1. The number of fused-ring (bicyclic) bond motifs is 1. The Kier molecular flexibility index (Phi) is 5.29. The van der Waals surface area contributed by atoms with Gasteiger partial charge in [0.05, 0.1) is 30.5 Å². The average molecular weight is 435 g/mol. The highest BCUT2D eigenvalue weighted by Crippen LogP contribution is 2.33. The third-order valence-corrected chi connectivity index (χ3v) is 6.30. The van der Waals surface area contributed by atoms with E-state index in [1.54, 1.807) is 12.3 Å². The second kappa shape index (κ2) is 8.13. The van der Waals surface area contributed by atoms with E-state index in [2.05, 4.69) is 34.3 Å². The summed E-state index contributed by atoms with van der Waals surface area (Å²) in [6.45, 7) is 7.45. The van der Waals surface area contributed by atoms with Crippen molar-refractivity contribution in [2.24, 2.45) is 0 Å². The summed E-state index contributed by atoms with van der Waals surface area (Å²) in [7, 11) is 0. The van der Waals surface area contributed by atoms with Crippen LogP contribution in [0.25, 0.3) is 21.9 Å². The lowest BCUT2D eigenvalue weighted by molar-refractivity contribution is 0.0341. The van der Waals surface area contributed by atoms with E-state index < -0.39 is 5.82 Å². The van der Waals surface area contributed by atoms with E-state index in [-0.39, 0.29) is 29.7 Å². The van der Waals surface area contributed by atoms with E-state index in [0.717, 1.165) is 52.7 Å². The number of nitrogens with zero attached hydrogens (tertiary/aromatic N) is 3. The molecule has 2 fully saturated rings. The molecule has 2 heterocycles. The maximum Gasteiger partial charge on any atom is 0.254 e. The molecule has 0 unspecified atom stereocenters. The van der Waals surface area contributed by atoms with Gasteiger partial charge in [0.25, 0.3) is 5.91 Å². The average Bonchev–Trinajstić information content (AvgIpc) is 3.58. The summed E-state index contributed by atoms with van der Waals surface area (Å²) >= 11 is 0. The van der Waals surface area contributed by atoms with Crippen LogP contribution in [0.5, 0.6) is 0 Å². The van der Waals surface area contributed by atoms with Crippen LogP contribution in [-0.2, 0) is 4.74 Å². The molecular formula is C25H27FN4O2. The zero-order valence-electron chi connectivity index (χ0n) is 18.6. The lowest BCUT2D eigenvalue weighted by atomic mass is 9.95. The SMILES string of the molecule is Cc1cc(F)c(C(=O)NC2CC2)cc1-c1ccc2c(N3C[C@@H](C)OC[C@H]3C)nncc2c1. The minimum atomic E-state index is -0.492. The molecule has 1 aliphatic heterocycles. The zero-order valence-corrected chi connectivity index (χ0v) is 18.6. The summed E-state index contributed by atoms with van der Waals surface area (Å²) in [5.74, 6) is 0.00131. The molecule has 2 aromatic carbocycles. The molecule has 1 aliphatic carbocycles. The van der Waals surface area contributed by atoms with Gasteiger partial charge in [0.1, 0.15) is 5.82 Å². The molecule has 0 spiro atoms. The van der Waals surface area contributed by atoms with Crippen LogP contribution in [0.3, 0.4) is 0 Å². The Morgan fingerprint density at radius 3 is 2.81 bits per heavy atom. The largest absolute Gasteiger partial charge is 0.375 e. The van der Waals surface area contributed by atoms with Crippen molar-refractivity contribution >= 4 is 22.5 Å². The molecule has 3 aromatic rings. The molecule has 0 radical (unpaired) electrons. The number of benzene rings is 2. The Morgan fingerprint density at radius 1 is 1.22 bits per heavy atom. The third-order valence-electron chi connectivity index (χ3n) is 6.30. The summed E-state index contributed by atoms with van der Waals surface area (Å²) in [6, 6.07) is 9.55. The van der Waals surface area contributed by atoms with Crippen molar-refractivity contribution < 1.29 is 13.9 Å². The van der Waals surface area contributed by atoms with Gasteiger partial charge in [-0.3, -0.25) is 4.79 Å². The van der Waals surface area contributed by atoms with Crippen molar-refractivity contribution in [2.45, 2.75) is 51.8 Å². The molecule has 2 atom stereocenters. The van der Waals surface area contributed by atoms with E-state index in [1.807, 2.05) is 25.1 Å². The smallest absolute Gasteiger partial charge is 0.254 e. The first-order valence-corrected chi connectivity index (χ1v) is 11.2. The summed E-state index contributed by atoms with van der Waals surface area (Å²) in [5, 5.41) is 13.5. The van der Waals surface area contributed by atoms with Crippen LogP contribution < -0.4 is 10.2 Å². The van der Waals surface area contributed by atoms with Gasteiger partial charge >= 0.3 is 0 Å². The van der Waals surface area contributed by atoms with Gasteiger partial charge in [0.2, 0.25) is 0 Å². The predicted octanol–water partition coefficient (Wildman–Crippen LogP) is 4.25. The highest BCUT2D eigenvalue weighted by molar-refractivity contribution is 5.98. The number of halogens is 1. The fraction of sp³-hybridized carbons (Fsp3) is 0.400. The summed E-state index contributed by atoms with van der Waals surface area (Å²) in [5.41, 5.74) is 2.61. The van der Waals surface area contributed by atoms with Gasteiger partial charge in [-0.15, -0.1) is 5.10 Å². The molecule has 1 saturated carbocycles. The number of ether oxygens (including phenoxy) is 1. The van der Waals surface area contributed by atoms with Gasteiger partial charge in [-0.05, 0) is 74.6 Å². The fourth-order valence-corrected chi connectivity index (χ4v) is 4.30. The van der Waals surface area contributed by atoms with Crippen LogP contribution in [0.15, 0.2) is 36.5 Å². The Hall–Kier alpha value is -3.06. The molecule has 5 rings (SSSR count). The summed E-state index contributed by atoms with van der Waals surface area (Å²) in [6.07, 6.45) is 3.79. The second-order valence-electron chi connectivity index (χ2n) is 9.01. The van der Waals surface area contributed by atoms with Gasteiger partial charge in [-0.2, -0.15) is 5.10 Å². The minimum absolute atomic E-state index is 0.0854. The van der Waals surface area contributed by atoms with Gasteiger partial charge in [0, 0.05) is 23.4 Å². The number of hydrogen-bond donors (Lipinski definition) is 1. The number of aryl methyl sites for hydroxylation is 1. The Labute approximate surface area is 186 Å². The first-order valence-electron chi connectivity index (χ1n) is 11.2. The first-order chi connectivity index (χ1) is 15.4. The number of carbonyl (C=O) groups is 1. The Balaban J connectivity index is 1.54. The molecule has 1 saturated heterocycles. The van der Waals surface area contributed by atoms with Gasteiger partial charge in [0.15, 0.2) is 5.82 Å². The predicted molar refractivity (Wildman–Crippen MR) is 122 cm³/mol. The van der Waals surface area contributed by atoms with Gasteiger partial charge < -0.3 is 15.0 Å². The normalized spacial score (nSPS) is 21.1. The van der Waals surface area contributed by atoms with Gasteiger partial charge in [-0.1, -0.05) is 6.07 Å². The number of carbonyl (C=O) groups excluding carboxylic acids is 1. The van der Waals surface area contributed by atoms with Crippen LogP contribution in [-0.4, -0.2) is 47.4 Å².